The first-order valence-corrected chi connectivity index (χ1v) is 6.37. The summed E-state index contributed by atoms with van der Waals surface area (Å²) in [6.45, 7) is 0.769. The number of nitrogens with zero attached hydrogens (tertiary/aromatic N) is 2. The number of likely N-dealkylation sites (N-methyl/N-ethyl adjacent to an activating group) is 1. The number of aromatic nitrogens is 2. The van der Waals surface area contributed by atoms with E-state index in [1.165, 1.54) is 16.8 Å². The third kappa shape index (κ3) is 1.92. The summed E-state index contributed by atoms with van der Waals surface area (Å²) in [6.07, 6.45) is -0.804. The molecule has 0 amide bonds. The van der Waals surface area contributed by atoms with E-state index in [2.05, 4.69) is 4.98 Å². The number of aliphatic hydroxyl groups is 1. The molecule has 2 saturated heterocycles. The molecule has 0 spiro atoms. The number of fused-ring (bicyclic) bond motifs is 2. The zero-order valence-corrected chi connectivity index (χ0v) is 11.3. The predicted octanol–water partition coefficient (Wildman–Crippen LogP) is -1.87. The molecule has 0 aliphatic carbocycles. The Hall–Kier alpha value is -1.48. The van der Waals surface area contributed by atoms with Crippen molar-refractivity contribution in [2.24, 2.45) is 0 Å². The topological polar surface area (TPSA) is 96.8 Å². The highest BCUT2D eigenvalue weighted by Gasteiger charge is 2.61. The van der Waals surface area contributed by atoms with Crippen molar-refractivity contribution in [3.8, 4) is 0 Å². The SMILES string of the molecule is CN(C)C[C@@]12COC([C@H](n3ccc(=O)[nH]c3=O)O1)[C@H]2O. The van der Waals surface area contributed by atoms with Crippen molar-refractivity contribution in [3.05, 3.63) is 33.1 Å². The molecule has 20 heavy (non-hydrogen) atoms. The van der Waals surface area contributed by atoms with Gasteiger partial charge in [0.15, 0.2) is 6.23 Å². The molecular weight excluding hydrogens is 266 g/mol. The summed E-state index contributed by atoms with van der Waals surface area (Å²) in [4.78, 5) is 27.0. The van der Waals surface area contributed by atoms with Crippen molar-refractivity contribution < 1.29 is 14.6 Å². The summed E-state index contributed by atoms with van der Waals surface area (Å²) in [6, 6.07) is 1.24. The first kappa shape index (κ1) is 13.5. The van der Waals surface area contributed by atoms with E-state index in [1.54, 1.807) is 0 Å². The Morgan fingerprint density at radius 1 is 1.55 bits per heavy atom. The molecule has 2 aliphatic rings. The third-order valence-corrected chi connectivity index (χ3v) is 3.72. The van der Waals surface area contributed by atoms with Crippen molar-refractivity contribution in [2.45, 2.75) is 24.0 Å². The van der Waals surface area contributed by atoms with Gasteiger partial charge in [-0.1, -0.05) is 0 Å². The molecule has 2 bridgehead atoms. The van der Waals surface area contributed by atoms with E-state index >= 15 is 0 Å². The summed E-state index contributed by atoms with van der Waals surface area (Å²) in [5, 5.41) is 10.3. The van der Waals surface area contributed by atoms with Crippen LogP contribution in [-0.2, 0) is 9.47 Å². The zero-order valence-electron chi connectivity index (χ0n) is 11.3. The van der Waals surface area contributed by atoms with E-state index in [0.717, 1.165) is 0 Å². The largest absolute Gasteiger partial charge is 0.387 e. The fourth-order valence-electron chi connectivity index (χ4n) is 2.92. The average molecular weight is 283 g/mol. The lowest BCUT2D eigenvalue weighted by molar-refractivity contribution is -0.179. The van der Waals surface area contributed by atoms with Gasteiger partial charge >= 0.3 is 5.69 Å². The second kappa shape index (κ2) is 4.52. The number of hydrogen-bond donors (Lipinski definition) is 2. The van der Waals surface area contributed by atoms with Crippen LogP contribution in [0.25, 0.3) is 0 Å². The van der Waals surface area contributed by atoms with Crippen LogP contribution in [0.15, 0.2) is 21.9 Å². The Bertz CT molecular complexity index is 624. The van der Waals surface area contributed by atoms with Crippen LogP contribution in [0.2, 0.25) is 0 Å². The van der Waals surface area contributed by atoms with Crippen molar-refractivity contribution in [1.82, 2.24) is 14.5 Å². The summed E-state index contributed by atoms with van der Waals surface area (Å²) in [7, 11) is 3.75. The van der Waals surface area contributed by atoms with E-state index < -0.39 is 35.3 Å². The first-order valence-electron chi connectivity index (χ1n) is 6.37. The van der Waals surface area contributed by atoms with E-state index in [0.29, 0.717) is 6.54 Å². The van der Waals surface area contributed by atoms with Crippen LogP contribution < -0.4 is 11.2 Å². The molecule has 2 fully saturated rings. The molecule has 4 atom stereocenters. The molecule has 3 rings (SSSR count). The fourth-order valence-corrected chi connectivity index (χ4v) is 2.92. The lowest BCUT2D eigenvalue weighted by atomic mass is 9.99. The standard InChI is InChI=1S/C12H17N3O5/c1-14(2)5-12-6-19-8(9(12)17)10(20-12)15-4-3-7(16)13-11(15)18/h3-4,8-10,17H,5-6H2,1-2H3,(H,13,16,18)/t8?,9-,10-,12+/m1/s1. The molecule has 110 valence electrons. The van der Waals surface area contributed by atoms with Gasteiger partial charge in [0.2, 0.25) is 0 Å². The smallest absolute Gasteiger partial charge is 0.330 e. The Morgan fingerprint density at radius 3 is 2.95 bits per heavy atom. The van der Waals surface area contributed by atoms with Crippen LogP contribution in [-0.4, -0.2) is 64.6 Å². The van der Waals surface area contributed by atoms with Crippen LogP contribution in [0.1, 0.15) is 6.23 Å². The second-order valence-electron chi connectivity index (χ2n) is 5.55. The summed E-state index contributed by atoms with van der Waals surface area (Å²) < 4.78 is 12.7. The van der Waals surface area contributed by atoms with Gasteiger partial charge in [0, 0.05) is 18.8 Å². The van der Waals surface area contributed by atoms with Gasteiger partial charge in [-0.05, 0) is 14.1 Å². The van der Waals surface area contributed by atoms with Crippen molar-refractivity contribution in [2.75, 3.05) is 27.2 Å². The number of rotatable bonds is 3. The minimum Gasteiger partial charge on any atom is -0.387 e. The molecule has 1 aromatic heterocycles. The fraction of sp³-hybridized carbons (Fsp3) is 0.667. The van der Waals surface area contributed by atoms with E-state index in [-0.39, 0.29) is 6.61 Å². The van der Waals surface area contributed by atoms with Gasteiger partial charge in [0.25, 0.3) is 5.56 Å². The van der Waals surface area contributed by atoms with Gasteiger partial charge in [0.05, 0.1) is 6.61 Å². The molecule has 8 heteroatoms. The number of aliphatic hydroxyl groups excluding tert-OH is 1. The summed E-state index contributed by atoms with van der Waals surface area (Å²) >= 11 is 0. The summed E-state index contributed by atoms with van der Waals surface area (Å²) in [5.74, 6) is 0. The molecule has 1 aromatic rings. The van der Waals surface area contributed by atoms with Gasteiger partial charge in [-0.3, -0.25) is 14.3 Å². The minimum absolute atomic E-state index is 0.283. The normalized spacial score (nSPS) is 35.9. The van der Waals surface area contributed by atoms with Crippen molar-refractivity contribution in [3.63, 3.8) is 0 Å². The van der Waals surface area contributed by atoms with E-state index in [9.17, 15) is 14.7 Å². The monoisotopic (exact) mass is 283 g/mol. The molecule has 0 saturated carbocycles. The van der Waals surface area contributed by atoms with Gasteiger partial charge < -0.3 is 19.5 Å². The Balaban J connectivity index is 1.95. The maximum absolute atomic E-state index is 11.8. The third-order valence-electron chi connectivity index (χ3n) is 3.72. The number of ether oxygens (including phenoxy) is 2. The average Bonchev–Trinajstić information content (AvgIpc) is 2.78. The summed E-state index contributed by atoms with van der Waals surface area (Å²) in [5.41, 5.74) is -1.89. The van der Waals surface area contributed by atoms with Crippen LogP contribution in [0, 0.1) is 0 Å². The highest BCUT2D eigenvalue weighted by molar-refractivity contribution is 5.08. The minimum atomic E-state index is -0.839. The zero-order chi connectivity index (χ0) is 14.5. The van der Waals surface area contributed by atoms with E-state index in [4.69, 9.17) is 9.47 Å². The highest BCUT2D eigenvalue weighted by Crippen LogP contribution is 2.44. The Kier molecular flexibility index (Phi) is 3.05. The first-order chi connectivity index (χ1) is 9.43. The van der Waals surface area contributed by atoms with E-state index in [1.807, 2.05) is 19.0 Å². The maximum atomic E-state index is 11.8. The van der Waals surface area contributed by atoms with Gasteiger partial charge in [-0.2, -0.15) is 0 Å². The molecule has 2 N–H and O–H groups in total. The maximum Gasteiger partial charge on any atom is 0.330 e. The second-order valence-corrected chi connectivity index (χ2v) is 5.55. The number of H-pyrrole nitrogens is 1. The molecule has 1 unspecified atom stereocenters. The molecular formula is C12H17N3O5. The van der Waals surface area contributed by atoms with Crippen molar-refractivity contribution >= 4 is 0 Å². The van der Waals surface area contributed by atoms with Gasteiger partial charge in [0.1, 0.15) is 17.8 Å². The Morgan fingerprint density at radius 2 is 2.30 bits per heavy atom. The lowest BCUT2D eigenvalue weighted by Gasteiger charge is -2.33. The molecule has 8 nitrogen and oxygen atoms in total. The molecule has 2 aliphatic heterocycles. The lowest BCUT2D eigenvalue weighted by Crippen LogP contribution is -2.49. The van der Waals surface area contributed by atoms with Crippen LogP contribution >= 0.6 is 0 Å². The van der Waals surface area contributed by atoms with Crippen LogP contribution in [0.4, 0.5) is 0 Å². The van der Waals surface area contributed by atoms with Gasteiger partial charge in [-0.15, -0.1) is 0 Å². The molecule has 0 radical (unpaired) electrons. The van der Waals surface area contributed by atoms with Crippen LogP contribution in [0.5, 0.6) is 0 Å². The quantitative estimate of drug-likeness (QED) is 0.674. The number of nitrogens with one attached hydrogen (secondary N) is 1. The number of aromatic amines is 1. The van der Waals surface area contributed by atoms with Crippen LogP contribution in [0.3, 0.4) is 0 Å². The Labute approximate surface area is 114 Å². The van der Waals surface area contributed by atoms with Gasteiger partial charge in [-0.25, -0.2) is 4.79 Å². The predicted molar refractivity (Wildman–Crippen MR) is 68.5 cm³/mol. The highest BCUT2D eigenvalue weighted by atomic mass is 16.6. The molecule has 0 aromatic carbocycles. The molecule has 3 heterocycles. The van der Waals surface area contributed by atoms with Crippen molar-refractivity contribution in [1.29, 1.82) is 0 Å². The number of hydrogen-bond acceptors (Lipinski definition) is 6.